The lowest BCUT2D eigenvalue weighted by atomic mass is 9.91. The molecule has 0 spiro atoms. The first-order valence-electron chi connectivity index (χ1n) is 18.7. The molecule has 7 aromatic carbocycles. The van der Waals surface area contributed by atoms with E-state index < -0.39 is 0 Å². The third-order valence-corrected chi connectivity index (χ3v) is 11.2. The number of rotatable bonds is 6. The summed E-state index contributed by atoms with van der Waals surface area (Å²) in [6.45, 7) is 0. The average molecular weight is 666 g/mol. The van der Waals surface area contributed by atoms with E-state index in [1.54, 1.807) is 5.57 Å². The van der Waals surface area contributed by atoms with Crippen molar-refractivity contribution >= 4 is 49.8 Å². The third-order valence-electron chi connectivity index (χ3n) is 11.2. The van der Waals surface area contributed by atoms with Gasteiger partial charge in [0.25, 0.3) is 0 Å². The van der Waals surface area contributed by atoms with Crippen LogP contribution >= 0.6 is 0 Å². The summed E-state index contributed by atoms with van der Waals surface area (Å²) in [7, 11) is 0. The van der Waals surface area contributed by atoms with E-state index in [9.17, 15) is 0 Å². The van der Waals surface area contributed by atoms with E-state index in [-0.39, 0.29) is 0 Å². The van der Waals surface area contributed by atoms with Crippen molar-refractivity contribution in [2.45, 2.75) is 32.1 Å². The van der Waals surface area contributed by atoms with Crippen molar-refractivity contribution in [1.82, 2.24) is 0 Å². The Bertz CT molecular complexity index is 2610. The number of hydrogen-bond donors (Lipinski definition) is 0. The van der Waals surface area contributed by atoms with Crippen molar-refractivity contribution in [3.05, 3.63) is 198 Å². The molecule has 52 heavy (non-hydrogen) atoms. The summed E-state index contributed by atoms with van der Waals surface area (Å²) in [6, 6.07) is 54.1. The fraction of sp³-hybridized carbons (Fsp3) is 0.0980. The summed E-state index contributed by atoms with van der Waals surface area (Å²) in [5.41, 5.74) is 17.1. The summed E-state index contributed by atoms with van der Waals surface area (Å²) in [5, 5.41) is 5.42. The first kappa shape index (κ1) is 30.6. The predicted octanol–water partition coefficient (Wildman–Crippen LogP) is 14.2. The zero-order valence-electron chi connectivity index (χ0n) is 29.2. The highest BCUT2D eigenvalue weighted by molar-refractivity contribution is 6.12. The standard InChI is InChI=1S/C51H39N/c1-3-10-35(11-4-1)37-20-26-44(27-21-37)52(46-16-9-15-40(33-46)36-12-5-2-6-13-36)45-28-22-38(23-29-45)41-25-30-48-43(32-41)19-18-39-24-31-49-47-17-8-7-14-42(47)34-50(49)51(39)48/h1-5,7,9-12,14-16,18-33H,6,8,13,17,34H2. The van der Waals surface area contributed by atoms with Crippen LogP contribution in [0.5, 0.6) is 0 Å². The normalized spacial score (nSPS) is 14.8. The van der Waals surface area contributed by atoms with Crippen LogP contribution in [0.2, 0.25) is 0 Å². The molecule has 3 aliphatic rings. The van der Waals surface area contributed by atoms with Crippen LogP contribution in [-0.4, -0.2) is 0 Å². The van der Waals surface area contributed by atoms with Gasteiger partial charge in [-0.25, -0.2) is 0 Å². The zero-order valence-corrected chi connectivity index (χ0v) is 29.2. The van der Waals surface area contributed by atoms with E-state index in [1.807, 2.05) is 0 Å². The fourth-order valence-electron chi connectivity index (χ4n) is 8.63. The Morgan fingerprint density at radius 1 is 0.481 bits per heavy atom. The number of hydrogen-bond acceptors (Lipinski definition) is 1. The molecule has 0 saturated carbocycles. The summed E-state index contributed by atoms with van der Waals surface area (Å²) in [5.74, 6) is 0. The second-order valence-electron chi connectivity index (χ2n) is 14.3. The number of allylic oxidation sites excluding steroid dienone is 8. The van der Waals surface area contributed by atoms with Crippen molar-refractivity contribution in [2.24, 2.45) is 0 Å². The molecule has 0 radical (unpaired) electrons. The van der Waals surface area contributed by atoms with Crippen LogP contribution in [-0.2, 0) is 6.42 Å². The molecule has 0 N–H and O–H groups in total. The Balaban J connectivity index is 1.02. The van der Waals surface area contributed by atoms with Crippen molar-refractivity contribution in [3.63, 3.8) is 0 Å². The van der Waals surface area contributed by atoms with Crippen LogP contribution in [0.15, 0.2) is 182 Å². The molecule has 0 amide bonds. The molecule has 3 aliphatic carbocycles. The van der Waals surface area contributed by atoms with Gasteiger partial charge >= 0.3 is 0 Å². The van der Waals surface area contributed by atoms with Crippen LogP contribution in [0.1, 0.15) is 42.4 Å². The van der Waals surface area contributed by atoms with Gasteiger partial charge in [-0.05, 0) is 152 Å². The van der Waals surface area contributed by atoms with Gasteiger partial charge in [0, 0.05) is 17.1 Å². The monoisotopic (exact) mass is 665 g/mol. The maximum atomic E-state index is 2.39. The van der Waals surface area contributed by atoms with Crippen molar-refractivity contribution < 1.29 is 0 Å². The topological polar surface area (TPSA) is 3.24 Å². The van der Waals surface area contributed by atoms with E-state index >= 15 is 0 Å². The first-order valence-corrected chi connectivity index (χ1v) is 18.7. The molecule has 0 heterocycles. The van der Waals surface area contributed by atoms with Crippen molar-refractivity contribution in [1.29, 1.82) is 0 Å². The van der Waals surface area contributed by atoms with Crippen LogP contribution in [0.4, 0.5) is 17.1 Å². The number of anilines is 3. The van der Waals surface area contributed by atoms with Gasteiger partial charge in [-0.1, -0.05) is 134 Å². The third kappa shape index (κ3) is 5.41. The van der Waals surface area contributed by atoms with E-state index in [4.69, 9.17) is 0 Å². The smallest absolute Gasteiger partial charge is 0.0467 e. The Labute approximate surface area is 306 Å². The first-order chi connectivity index (χ1) is 25.8. The second-order valence-corrected chi connectivity index (χ2v) is 14.3. The van der Waals surface area contributed by atoms with Crippen LogP contribution in [0.3, 0.4) is 0 Å². The average Bonchev–Trinajstić information content (AvgIpc) is 3.61. The maximum Gasteiger partial charge on any atom is 0.0467 e. The van der Waals surface area contributed by atoms with Gasteiger partial charge < -0.3 is 4.90 Å². The molecular formula is C51H39N. The molecule has 0 saturated heterocycles. The number of nitrogens with zero attached hydrogens (tertiary/aromatic N) is 1. The van der Waals surface area contributed by atoms with Crippen LogP contribution < -0.4 is 4.90 Å². The summed E-state index contributed by atoms with van der Waals surface area (Å²) in [4.78, 5) is 2.39. The number of fused-ring (bicyclic) bond motifs is 6. The molecule has 1 heteroatoms. The van der Waals surface area contributed by atoms with Gasteiger partial charge in [-0.2, -0.15) is 0 Å². The highest BCUT2D eigenvalue weighted by Crippen LogP contribution is 2.44. The molecule has 0 unspecified atom stereocenters. The molecule has 0 atom stereocenters. The molecule has 0 aliphatic heterocycles. The van der Waals surface area contributed by atoms with Gasteiger partial charge in [0.2, 0.25) is 0 Å². The lowest BCUT2D eigenvalue weighted by molar-refractivity contribution is 1.04. The zero-order chi connectivity index (χ0) is 34.4. The Kier molecular flexibility index (Phi) is 7.57. The minimum atomic E-state index is 1.05. The molecule has 7 aromatic rings. The van der Waals surface area contributed by atoms with Crippen molar-refractivity contribution in [2.75, 3.05) is 4.90 Å². The lowest BCUT2D eigenvalue weighted by Gasteiger charge is -2.27. The Morgan fingerprint density at radius 3 is 1.96 bits per heavy atom. The van der Waals surface area contributed by atoms with E-state index in [0.717, 1.165) is 49.2 Å². The van der Waals surface area contributed by atoms with Gasteiger partial charge in [0.1, 0.15) is 0 Å². The molecular weight excluding hydrogens is 627 g/mol. The highest BCUT2D eigenvalue weighted by Gasteiger charge is 2.24. The van der Waals surface area contributed by atoms with Crippen molar-refractivity contribution in [3.8, 4) is 22.3 Å². The van der Waals surface area contributed by atoms with Gasteiger partial charge in [-0.15, -0.1) is 0 Å². The van der Waals surface area contributed by atoms with Crippen LogP contribution in [0, 0.1) is 0 Å². The quantitative estimate of drug-likeness (QED) is 0.160. The van der Waals surface area contributed by atoms with Gasteiger partial charge in [0.05, 0.1) is 0 Å². The molecule has 0 fully saturated rings. The second kappa shape index (κ2) is 12.9. The Hall–Kier alpha value is -6.18. The molecule has 10 rings (SSSR count). The Morgan fingerprint density at radius 2 is 1.17 bits per heavy atom. The van der Waals surface area contributed by atoms with E-state index in [1.165, 1.54) is 71.6 Å². The van der Waals surface area contributed by atoms with Crippen LogP contribution in [0.25, 0.3) is 54.9 Å². The largest absolute Gasteiger partial charge is 0.310 e. The number of benzene rings is 7. The minimum Gasteiger partial charge on any atom is -0.310 e. The molecule has 0 aromatic heterocycles. The maximum absolute atomic E-state index is 2.39. The van der Waals surface area contributed by atoms with Gasteiger partial charge in [0.15, 0.2) is 0 Å². The van der Waals surface area contributed by atoms with E-state index in [0.29, 0.717) is 0 Å². The SMILES string of the molecule is C1=CCCC(c2cccc(N(c3ccc(-c4ccccc4)cc3)c3ccc(-c4ccc5c(ccc6ccc7c(c65)CC5=C7CCC=C5)c4)cc3)c2)=C1. The lowest BCUT2D eigenvalue weighted by Crippen LogP contribution is -2.10. The highest BCUT2D eigenvalue weighted by atomic mass is 15.1. The van der Waals surface area contributed by atoms with Gasteiger partial charge in [-0.3, -0.25) is 0 Å². The van der Waals surface area contributed by atoms with E-state index in [2.05, 4.69) is 181 Å². The summed E-state index contributed by atoms with van der Waals surface area (Å²) in [6.07, 6.45) is 16.9. The minimum absolute atomic E-state index is 1.05. The summed E-state index contributed by atoms with van der Waals surface area (Å²) < 4.78 is 0. The molecule has 248 valence electrons. The molecule has 1 nitrogen and oxygen atoms in total. The summed E-state index contributed by atoms with van der Waals surface area (Å²) >= 11 is 0. The molecule has 0 bridgehead atoms. The fourth-order valence-corrected chi connectivity index (χ4v) is 8.63. The predicted molar refractivity (Wildman–Crippen MR) is 222 cm³/mol.